The van der Waals surface area contributed by atoms with Gasteiger partial charge >= 0.3 is 0 Å². The van der Waals surface area contributed by atoms with Crippen molar-refractivity contribution in [2.45, 2.75) is 6.54 Å². The quantitative estimate of drug-likeness (QED) is 0.422. The van der Waals surface area contributed by atoms with E-state index < -0.39 is 0 Å². The highest BCUT2D eigenvalue weighted by molar-refractivity contribution is 6.06. The molecule has 0 fully saturated rings. The molecule has 0 radical (unpaired) electrons. The lowest BCUT2D eigenvalue weighted by Gasteiger charge is -2.03. The van der Waals surface area contributed by atoms with Gasteiger partial charge in [-0.25, -0.2) is 9.97 Å². The van der Waals surface area contributed by atoms with E-state index in [4.69, 9.17) is 18.8 Å². The van der Waals surface area contributed by atoms with E-state index in [0.717, 1.165) is 38.9 Å². The van der Waals surface area contributed by atoms with Gasteiger partial charge in [0.15, 0.2) is 5.65 Å². The summed E-state index contributed by atoms with van der Waals surface area (Å²) in [5.74, 6) is 1.63. The van der Waals surface area contributed by atoms with Gasteiger partial charge in [0.2, 0.25) is 11.8 Å². The minimum atomic E-state index is 0.401. The van der Waals surface area contributed by atoms with E-state index in [1.54, 1.807) is 18.4 Å². The largest absolute Gasteiger partial charge is 0.465 e. The fourth-order valence-electron chi connectivity index (χ4n) is 3.62. The molecule has 4 aromatic heterocycles. The van der Waals surface area contributed by atoms with Crippen molar-refractivity contribution >= 4 is 45.3 Å². The molecule has 6 aromatic rings. The van der Waals surface area contributed by atoms with Gasteiger partial charge in [-0.2, -0.15) is 0 Å². The number of hydrogen-bond acceptors (Lipinski definition) is 6. The van der Waals surface area contributed by atoms with Crippen LogP contribution in [-0.2, 0) is 6.54 Å². The maximum absolute atomic E-state index is 5.82. The number of furan rings is 1. The Bertz CT molecular complexity index is 1530. The third kappa shape index (κ3) is 2.76. The summed E-state index contributed by atoms with van der Waals surface area (Å²) in [4.78, 5) is 9.73. The summed E-state index contributed by atoms with van der Waals surface area (Å²) >= 11 is 0. The predicted molar refractivity (Wildman–Crippen MR) is 114 cm³/mol. The smallest absolute Gasteiger partial charge is 0.240 e. The molecule has 0 N–H and O–H groups in total. The highest BCUT2D eigenvalue weighted by Crippen LogP contribution is 2.28. The van der Waals surface area contributed by atoms with Gasteiger partial charge in [0.1, 0.15) is 17.8 Å². The molecule has 0 saturated carbocycles. The molecular weight excluding hydrogens is 378 g/mol. The lowest BCUT2D eigenvalue weighted by atomic mass is 10.2. The number of benzene rings is 2. The van der Waals surface area contributed by atoms with Crippen molar-refractivity contribution < 1.29 is 8.83 Å². The van der Waals surface area contributed by atoms with Gasteiger partial charge in [-0.3, -0.25) is 0 Å². The van der Waals surface area contributed by atoms with E-state index in [2.05, 4.69) is 26.9 Å². The Hall–Kier alpha value is -4.26. The minimum absolute atomic E-state index is 0.401. The number of rotatable bonds is 4. The molecule has 0 spiro atoms. The second-order valence-electron chi connectivity index (χ2n) is 6.87. The molecule has 7 nitrogen and oxygen atoms in total. The van der Waals surface area contributed by atoms with Crippen molar-refractivity contribution in [3.8, 4) is 0 Å². The second kappa shape index (κ2) is 6.66. The van der Waals surface area contributed by atoms with Crippen LogP contribution in [0.3, 0.4) is 0 Å². The Kier molecular flexibility index (Phi) is 3.70. The summed E-state index contributed by atoms with van der Waals surface area (Å²) in [6.45, 7) is 0.401. The summed E-state index contributed by atoms with van der Waals surface area (Å²) in [6.07, 6.45) is 5.13. The Labute approximate surface area is 170 Å². The number of para-hydroxylation sites is 3. The van der Waals surface area contributed by atoms with Crippen LogP contribution in [0, 0.1) is 0 Å². The summed E-state index contributed by atoms with van der Waals surface area (Å²) in [5.41, 5.74) is 4.40. The van der Waals surface area contributed by atoms with E-state index >= 15 is 0 Å². The summed E-state index contributed by atoms with van der Waals surface area (Å²) in [5, 5.41) is 9.36. The number of fused-ring (bicyclic) bond motifs is 4. The summed E-state index contributed by atoms with van der Waals surface area (Å²) < 4.78 is 13.2. The average Bonchev–Trinajstić information content (AvgIpc) is 3.52. The Balaban J connectivity index is 1.45. The zero-order valence-electron chi connectivity index (χ0n) is 15.8. The Morgan fingerprint density at radius 2 is 1.67 bits per heavy atom. The molecular formula is C23H15N5O2. The van der Waals surface area contributed by atoms with Gasteiger partial charge in [0.05, 0.1) is 22.8 Å². The normalized spacial score (nSPS) is 12.0. The van der Waals surface area contributed by atoms with Crippen LogP contribution in [-0.4, -0.2) is 24.7 Å². The van der Waals surface area contributed by atoms with Crippen LogP contribution >= 0.6 is 0 Å². The number of nitrogens with zero attached hydrogens (tertiary/aromatic N) is 5. The molecule has 0 atom stereocenters. The van der Waals surface area contributed by atoms with Crippen LogP contribution in [0.15, 0.2) is 75.8 Å². The predicted octanol–water partition coefficient (Wildman–Crippen LogP) is 4.93. The van der Waals surface area contributed by atoms with Crippen molar-refractivity contribution in [1.29, 1.82) is 0 Å². The average molecular weight is 393 g/mol. The third-order valence-corrected chi connectivity index (χ3v) is 4.97. The molecule has 7 heteroatoms. The van der Waals surface area contributed by atoms with Crippen LogP contribution in [0.5, 0.6) is 0 Å². The zero-order chi connectivity index (χ0) is 19.9. The highest BCUT2D eigenvalue weighted by Gasteiger charge is 2.16. The van der Waals surface area contributed by atoms with E-state index in [-0.39, 0.29) is 0 Å². The lowest BCUT2D eigenvalue weighted by molar-refractivity contribution is 0.475. The van der Waals surface area contributed by atoms with E-state index in [1.807, 2.05) is 48.5 Å². The molecule has 6 rings (SSSR count). The van der Waals surface area contributed by atoms with Gasteiger partial charge in [-0.1, -0.05) is 30.3 Å². The zero-order valence-corrected chi connectivity index (χ0v) is 15.8. The minimum Gasteiger partial charge on any atom is -0.465 e. The Morgan fingerprint density at radius 3 is 2.53 bits per heavy atom. The lowest BCUT2D eigenvalue weighted by Crippen LogP contribution is -2.01. The van der Waals surface area contributed by atoms with Crippen LogP contribution in [0.25, 0.3) is 45.3 Å². The molecule has 0 aliphatic rings. The van der Waals surface area contributed by atoms with Crippen LogP contribution in [0.4, 0.5) is 0 Å². The van der Waals surface area contributed by atoms with Gasteiger partial charge in [-0.15, -0.1) is 10.2 Å². The van der Waals surface area contributed by atoms with E-state index in [1.165, 1.54) is 0 Å². The van der Waals surface area contributed by atoms with Crippen LogP contribution in [0.2, 0.25) is 0 Å². The molecule has 0 bridgehead atoms. The first-order valence-electron chi connectivity index (χ1n) is 9.53. The molecule has 30 heavy (non-hydrogen) atoms. The molecule has 4 heterocycles. The monoisotopic (exact) mass is 393 g/mol. The topological polar surface area (TPSA) is 82.8 Å². The van der Waals surface area contributed by atoms with Gasteiger partial charge in [-0.05, 0) is 36.4 Å². The van der Waals surface area contributed by atoms with Crippen molar-refractivity contribution in [2.24, 2.45) is 0 Å². The maximum Gasteiger partial charge on any atom is 0.240 e. The van der Waals surface area contributed by atoms with Gasteiger partial charge in [0.25, 0.3) is 0 Å². The molecule has 0 aliphatic heterocycles. The first-order valence-corrected chi connectivity index (χ1v) is 9.53. The number of aromatic nitrogens is 5. The van der Waals surface area contributed by atoms with Crippen molar-refractivity contribution in [3.63, 3.8) is 0 Å². The molecule has 0 aliphatic carbocycles. The number of hydrogen-bond donors (Lipinski definition) is 0. The molecule has 144 valence electrons. The first kappa shape index (κ1) is 16.7. The van der Waals surface area contributed by atoms with E-state index in [0.29, 0.717) is 18.3 Å². The van der Waals surface area contributed by atoms with Gasteiger partial charge < -0.3 is 13.4 Å². The van der Waals surface area contributed by atoms with Crippen molar-refractivity contribution in [2.75, 3.05) is 0 Å². The van der Waals surface area contributed by atoms with Crippen LogP contribution < -0.4 is 0 Å². The fraction of sp³-hybridized carbons (Fsp3) is 0.0435. The third-order valence-electron chi connectivity index (χ3n) is 4.97. The van der Waals surface area contributed by atoms with Crippen LogP contribution in [0.1, 0.15) is 17.5 Å². The molecule has 0 unspecified atom stereocenters. The van der Waals surface area contributed by atoms with Gasteiger partial charge in [0, 0.05) is 11.5 Å². The first-order chi connectivity index (χ1) is 14.8. The summed E-state index contributed by atoms with van der Waals surface area (Å²) in [6, 6.07) is 19.7. The summed E-state index contributed by atoms with van der Waals surface area (Å²) in [7, 11) is 0. The standard InChI is InChI=1S/C23H15N5O2/c1-4-10-19-16(7-1)22-23(25-18-9-3-2-8-17(18)24-22)28(19)14-21-27-26-20(30-21)12-11-15-6-5-13-29-15/h1-13H,14H2/b12-11+. The van der Waals surface area contributed by atoms with Crippen molar-refractivity contribution in [3.05, 3.63) is 84.5 Å². The molecule has 0 amide bonds. The molecule has 0 saturated heterocycles. The fourth-order valence-corrected chi connectivity index (χ4v) is 3.62. The maximum atomic E-state index is 5.82. The Morgan fingerprint density at radius 1 is 0.833 bits per heavy atom. The molecule has 2 aromatic carbocycles. The second-order valence-corrected chi connectivity index (χ2v) is 6.87. The SMILES string of the molecule is C(=C\c1nnc(Cn2c3ccccc3c3nc4ccccc4nc32)o1)/c1ccco1. The van der Waals surface area contributed by atoms with E-state index in [9.17, 15) is 0 Å². The highest BCUT2D eigenvalue weighted by atomic mass is 16.4. The van der Waals surface area contributed by atoms with Crippen molar-refractivity contribution in [1.82, 2.24) is 24.7 Å².